The maximum atomic E-state index is 12.7. The van der Waals surface area contributed by atoms with Gasteiger partial charge in [0.2, 0.25) is 5.75 Å². The third kappa shape index (κ3) is 4.09. The number of benzene rings is 2. The van der Waals surface area contributed by atoms with Crippen LogP contribution < -0.4 is 33.2 Å². The first kappa shape index (κ1) is 22.2. The highest BCUT2D eigenvalue weighted by Crippen LogP contribution is 2.48. The summed E-state index contributed by atoms with van der Waals surface area (Å²) in [6, 6.07) is 7.27. The molecular formula is C20H22N2O8S. The number of ether oxygens (including phenoxy) is 4. The summed E-state index contributed by atoms with van der Waals surface area (Å²) in [6.07, 6.45) is 0. The van der Waals surface area contributed by atoms with Crippen LogP contribution in [0.1, 0.15) is 11.6 Å². The van der Waals surface area contributed by atoms with Crippen molar-refractivity contribution in [3.63, 3.8) is 0 Å². The third-order valence-corrected chi connectivity index (χ3v) is 5.13. The highest BCUT2D eigenvalue weighted by atomic mass is 32.2. The van der Waals surface area contributed by atoms with Gasteiger partial charge in [-0.25, -0.2) is 0 Å². The number of rotatable bonds is 8. The fourth-order valence-electron chi connectivity index (χ4n) is 3.36. The summed E-state index contributed by atoms with van der Waals surface area (Å²) < 4.78 is 48.8. The SMILES string of the molecule is C=C1C(=O)N(c2cc(OC)c(OC)c(OC)c2)C1c1ccc(OC)c(OS(N)(=O)=O)c1. The zero-order valence-electron chi connectivity index (χ0n) is 17.4. The molecule has 1 aliphatic heterocycles. The molecule has 1 atom stereocenters. The first-order valence-electron chi connectivity index (χ1n) is 8.87. The van der Waals surface area contributed by atoms with Crippen LogP contribution in [-0.2, 0) is 15.1 Å². The van der Waals surface area contributed by atoms with Gasteiger partial charge in [-0.05, 0) is 17.7 Å². The monoisotopic (exact) mass is 450 g/mol. The molecule has 0 radical (unpaired) electrons. The lowest BCUT2D eigenvalue weighted by Gasteiger charge is -2.42. The lowest BCUT2D eigenvalue weighted by atomic mass is 9.88. The van der Waals surface area contributed by atoms with Crippen molar-refractivity contribution in [2.75, 3.05) is 33.3 Å². The van der Waals surface area contributed by atoms with Gasteiger partial charge in [-0.1, -0.05) is 12.6 Å². The predicted octanol–water partition coefficient (Wildman–Crippen LogP) is 1.95. The summed E-state index contributed by atoms with van der Waals surface area (Å²) in [5.74, 6) is 0.852. The summed E-state index contributed by atoms with van der Waals surface area (Å²) in [4.78, 5) is 14.1. The number of anilines is 1. The van der Waals surface area contributed by atoms with Crippen molar-refractivity contribution >= 4 is 21.9 Å². The Morgan fingerprint density at radius 3 is 1.97 bits per heavy atom. The number of amides is 1. The fourth-order valence-corrected chi connectivity index (χ4v) is 3.74. The molecule has 0 aliphatic carbocycles. The highest BCUT2D eigenvalue weighted by Gasteiger charge is 2.43. The molecule has 11 heteroatoms. The quantitative estimate of drug-likeness (QED) is 0.478. The number of hydrogen-bond donors (Lipinski definition) is 1. The van der Waals surface area contributed by atoms with E-state index in [9.17, 15) is 13.2 Å². The van der Waals surface area contributed by atoms with Crippen molar-refractivity contribution < 1.29 is 36.3 Å². The second kappa shape index (κ2) is 8.36. The molecule has 2 aromatic rings. The Labute approximate surface area is 180 Å². The van der Waals surface area contributed by atoms with E-state index in [1.807, 2.05) is 0 Å². The first-order chi connectivity index (χ1) is 14.6. The summed E-state index contributed by atoms with van der Waals surface area (Å²) in [7, 11) is 1.49. The zero-order chi connectivity index (χ0) is 22.9. The van der Waals surface area contributed by atoms with Gasteiger partial charge in [0, 0.05) is 17.7 Å². The predicted molar refractivity (Wildman–Crippen MR) is 112 cm³/mol. The van der Waals surface area contributed by atoms with Crippen molar-refractivity contribution in [1.82, 2.24) is 0 Å². The molecule has 166 valence electrons. The highest BCUT2D eigenvalue weighted by molar-refractivity contribution is 7.84. The van der Waals surface area contributed by atoms with Crippen LogP contribution in [0.2, 0.25) is 0 Å². The minimum absolute atomic E-state index is 0.112. The molecule has 1 unspecified atom stereocenters. The average molecular weight is 450 g/mol. The van der Waals surface area contributed by atoms with E-state index in [1.165, 1.54) is 45.5 Å². The van der Waals surface area contributed by atoms with Crippen LogP contribution in [0.4, 0.5) is 5.69 Å². The number of nitrogens with zero attached hydrogens (tertiary/aromatic N) is 1. The van der Waals surface area contributed by atoms with Crippen molar-refractivity contribution in [3.8, 4) is 28.7 Å². The first-order valence-corrected chi connectivity index (χ1v) is 10.3. The van der Waals surface area contributed by atoms with Crippen molar-refractivity contribution in [1.29, 1.82) is 0 Å². The minimum atomic E-state index is -4.29. The van der Waals surface area contributed by atoms with Crippen molar-refractivity contribution in [2.45, 2.75) is 6.04 Å². The molecule has 1 aliphatic rings. The van der Waals surface area contributed by atoms with Gasteiger partial charge in [-0.15, -0.1) is 0 Å². The van der Waals surface area contributed by atoms with Gasteiger partial charge >= 0.3 is 10.3 Å². The second-order valence-electron chi connectivity index (χ2n) is 6.47. The summed E-state index contributed by atoms with van der Waals surface area (Å²) in [5, 5.41) is 5.00. The maximum Gasteiger partial charge on any atom is 0.380 e. The summed E-state index contributed by atoms with van der Waals surface area (Å²) >= 11 is 0. The molecule has 3 rings (SSSR count). The molecule has 1 saturated heterocycles. The van der Waals surface area contributed by atoms with Gasteiger partial charge in [0.15, 0.2) is 23.0 Å². The summed E-state index contributed by atoms with van der Waals surface area (Å²) in [5.41, 5.74) is 1.32. The van der Waals surface area contributed by atoms with Gasteiger partial charge in [-0.3, -0.25) is 9.69 Å². The van der Waals surface area contributed by atoms with Crippen molar-refractivity contribution in [2.24, 2.45) is 5.14 Å². The molecule has 1 fully saturated rings. The lowest BCUT2D eigenvalue weighted by Crippen LogP contribution is -2.48. The number of hydrogen-bond acceptors (Lipinski definition) is 8. The Bertz CT molecular complexity index is 1120. The van der Waals surface area contributed by atoms with E-state index in [4.69, 9.17) is 28.3 Å². The van der Waals surface area contributed by atoms with E-state index in [-0.39, 0.29) is 17.4 Å². The van der Waals surface area contributed by atoms with Crippen LogP contribution in [-0.4, -0.2) is 42.8 Å². The van der Waals surface area contributed by atoms with Gasteiger partial charge in [0.05, 0.1) is 40.2 Å². The van der Waals surface area contributed by atoms with E-state index in [0.717, 1.165) is 0 Å². The molecule has 0 aromatic heterocycles. The van der Waals surface area contributed by atoms with Crippen LogP contribution in [0.25, 0.3) is 0 Å². The van der Waals surface area contributed by atoms with Crippen LogP contribution in [0.3, 0.4) is 0 Å². The van der Waals surface area contributed by atoms with Gasteiger partial charge < -0.3 is 23.1 Å². The number of β-lactam (4-membered cyclic amide) rings is 1. The van der Waals surface area contributed by atoms with Crippen molar-refractivity contribution in [3.05, 3.63) is 48.0 Å². The van der Waals surface area contributed by atoms with Crippen LogP contribution in [0, 0.1) is 0 Å². The Balaban J connectivity index is 2.08. The topological polar surface area (TPSA) is 127 Å². The zero-order valence-corrected chi connectivity index (χ0v) is 18.2. The molecule has 0 spiro atoms. The average Bonchev–Trinajstić information content (AvgIpc) is 2.74. The fraction of sp³-hybridized carbons (Fsp3) is 0.250. The van der Waals surface area contributed by atoms with Gasteiger partial charge in [0.1, 0.15) is 0 Å². The lowest BCUT2D eigenvalue weighted by molar-refractivity contribution is -0.119. The van der Waals surface area contributed by atoms with E-state index in [1.54, 1.807) is 18.2 Å². The molecule has 2 aromatic carbocycles. The summed E-state index contributed by atoms with van der Waals surface area (Å²) in [6.45, 7) is 3.85. The molecule has 1 heterocycles. The number of carbonyl (C=O) groups excluding carboxylic acids is 1. The Morgan fingerprint density at radius 1 is 0.903 bits per heavy atom. The second-order valence-corrected chi connectivity index (χ2v) is 7.63. The molecule has 31 heavy (non-hydrogen) atoms. The molecule has 10 nitrogen and oxygen atoms in total. The van der Waals surface area contributed by atoms with Gasteiger partial charge in [0.25, 0.3) is 5.91 Å². The maximum absolute atomic E-state index is 12.7. The largest absolute Gasteiger partial charge is 0.493 e. The molecule has 0 saturated carbocycles. The minimum Gasteiger partial charge on any atom is -0.493 e. The molecule has 1 amide bonds. The van der Waals surface area contributed by atoms with Crippen LogP contribution in [0.5, 0.6) is 28.7 Å². The van der Waals surface area contributed by atoms with E-state index < -0.39 is 16.3 Å². The number of methoxy groups -OCH3 is 4. The number of carbonyl (C=O) groups is 1. The normalized spacial score (nSPS) is 15.9. The number of nitrogens with two attached hydrogens (primary N) is 1. The van der Waals surface area contributed by atoms with E-state index >= 15 is 0 Å². The van der Waals surface area contributed by atoms with Crippen LogP contribution in [0.15, 0.2) is 42.5 Å². The smallest absolute Gasteiger partial charge is 0.380 e. The standard InChI is InChI=1S/C20H22N2O8S/c1-11-18(12-6-7-14(26-2)15(8-12)30-31(21,24)25)22(20(11)23)13-9-16(27-3)19(29-5)17(10-13)28-4/h6-10,18H,1H2,2-5H3,(H2,21,24,25). The van der Waals surface area contributed by atoms with E-state index in [0.29, 0.717) is 34.1 Å². The Morgan fingerprint density at radius 2 is 1.48 bits per heavy atom. The van der Waals surface area contributed by atoms with Crippen LogP contribution >= 0.6 is 0 Å². The third-order valence-electron chi connectivity index (χ3n) is 4.72. The molecular weight excluding hydrogens is 428 g/mol. The Hall–Kier alpha value is -3.44. The van der Waals surface area contributed by atoms with Gasteiger partial charge in [-0.2, -0.15) is 13.6 Å². The van der Waals surface area contributed by atoms with E-state index in [2.05, 4.69) is 6.58 Å². The molecule has 0 bridgehead atoms. The Kier molecular flexibility index (Phi) is 6.00. The molecule has 2 N–H and O–H groups in total.